The van der Waals surface area contributed by atoms with Gasteiger partial charge >= 0.3 is 0 Å². The molecule has 0 spiro atoms. The van der Waals surface area contributed by atoms with Crippen molar-refractivity contribution >= 4 is 10.0 Å². The predicted octanol–water partition coefficient (Wildman–Crippen LogP) is 2.60. The first-order chi connectivity index (χ1) is 9.90. The molecule has 21 heavy (non-hydrogen) atoms. The van der Waals surface area contributed by atoms with Gasteiger partial charge in [-0.2, -0.15) is 0 Å². The normalized spacial score (nSPS) is 33.2. The summed E-state index contributed by atoms with van der Waals surface area (Å²) in [6.07, 6.45) is 6.53. The Morgan fingerprint density at radius 1 is 1.00 bits per heavy atom. The molecule has 1 aliphatic heterocycles. The highest BCUT2D eigenvalue weighted by molar-refractivity contribution is 7.89. The maximum absolute atomic E-state index is 12.1. The quantitative estimate of drug-likeness (QED) is 0.848. The number of hydrogen-bond acceptors (Lipinski definition) is 3. The van der Waals surface area contributed by atoms with E-state index in [4.69, 9.17) is 0 Å². The molecule has 1 heterocycles. The van der Waals surface area contributed by atoms with Crippen LogP contribution in [-0.4, -0.2) is 43.6 Å². The monoisotopic (exact) mass is 316 g/mol. The van der Waals surface area contributed by atoms with Crippen molar-refractivity contribution in [2.24, 2.45) is 11.8 Å². The molecule has 1 aliphatic carbocycles. The second kappa shape index (κ2) is 7.42. The molecule has 2 fully saturated rings. The van der Waals surface area contributed by atoms with E-state index < -0.39 is 10.0 Å². The number of hydrogen-bond donors (Lipinski definition) is 1. The van der Waals surface area contributed by atoms with Gasteiger partial charge in [-0.3, -0.25) is 0 Å². The van der Waals surface area contributed by atoms with Crippen molar-refractivity contribution in [3.63, 3.8) is 0 Å². The molecule has 1 saturated heterocycles. The van der Waals surface area contributed by atoms with E-state index in [2.05, 4.69) is 19.2 Å². The van der Waals surface area contributed by atoms with Crippen LogP contribution in [0.1, 0.15) is 59.3 Å². The fourth-order valence-corrected chi connectivity index (χ4v) is 5.65. The minimum atomic E-state index is -3.00. The summed E-state index contributed by atoms with van der Waals surface area (Å²) in [4.78, 5) is 0. The molecule has 0 aromatic heterocycles. The Hall–Kier alpha value is -0.130. The van der Waals surface area contributed by atoms with Gasteiger partial charge in [-0.1, -0.05) is 20.8 Å². The summed E-state index contributed by atoms with van der Waals surface area (Å²) < 4.78 is 25.8. The standard InChI is InChI=1S/C16H32N2O2S/c1-4-9-21(19,20)18-7-5-15(6-8-18)17-16-11-13(2)10-14(3)12-16/h13-17H,4-12H2,1-3H3. The fourth-order valence-electron chi connectivity index (χ4n) is 4.10. The van der Waals surface area contributed by atoms with Gasteiger partial charge in [-0.15, -0.1) is 0 Å². The van der Waals surface area contributed by atoms with E-state index in [0.717, 1.165) is 24.7 Å². The Morgan fingerprint density at radius 2 is 1.57 bits per heavy atom. The van der Waals surface area contributed by atoms with Crippen molar-refractivity contribution in [3.05, 3.63) is 0 Å². The SMILES string of the molecule is CCCS(=O)(=O)N1CCC(NC2CC(C)CC(C)C2)CC1. The van der Waals surface area contributed by atoms with E-state index in [9.17, 15) is 8.42 Å². The zero-order valence-electron chi connectivity index (χ0n) is 13.8. The second-order valence-electron chi connectivity index (χ2n) is 7.27. The molecule has 2 rings (SSSR count). The maximum atomic E-state index is 12.1. The van der Waals surface area contributed by atoms with Gasteiger partial charge in [0.25, 0.3) is 0 Å². The summed E-state index contributed by atoms with van der Waals surface area (Å²) in [5.74, 6) is 1.93. The lowest BCUT2D eigenvalue weighted by atomic mass is 9.80. The number of piperidine rings is 1. The fraction of sp³-hybridized carbons (Fsp3) is 1.00. The summed E-state index contributed by atoms with van der Waals surface area (Å²) in [6, 6.07) is 1.13. The van der Waals surface area contributed by atoms with Crippen LogP contribution in [0.2, 0.25) is 0 Å². The number of nitrogens with zero attached hydrogens (tertiary/aromatic N) is 1. The van der Waals surface area contributed by atoms with Crippen LogP contribution in [0.15, 0.2) is 0 Å². The van der Waals surface area contributed by atoms with Gasteiger partial charge in [-0.05, 0) is 50.4 Å². The van der Waals surface area contributed by atoms with Crippen LogP contribution >= 0.6 is 0 Å². The van der Waals surface area contributed by atoms with Crippen LogP contribution < -0.4 is 5.32 Å². The molecule has 124 valence electrons. The maximum Gasteiger partial charge on any atom is 0.214 e. The Labute approximate surface area is 130 Å². The van der Waals surface area contributed by atoms with Gasteiger partial charge in [0.2, 0.25) is 10.0 Å². The minimum absolute atomic E-state index is 0.294. The first kappa shape index (κ1) is 17.2. The summed E-state index contributed by atoms with van der Waals surface area (Å²) in [5, 5.41) is 3.80. The molecule has 0 aromatic rings. The second-order valence-corrected chi connectivity index (χ2v) is 9.36. The lowest BCUT2D eigenvalue weighted by Gasteiger charge is -2.37. The average Bonchev–Trinajstić information content (AvgIpc) is 2.38. The Balaban J connectivity index is 1.79. The number of rotatable bonds is 5. The molecule has 2 aliphatic rings. The molecular formula is C16H32N2O2S. The molecule has 2 unspecified atom stereocenters. The van der Waals surface area contributed by atoms with Gasteiger partial charge in [0.1, 0.15) is 0 Å². The van der Waals surface area contributed by atoms with Crippen molar-refractivity contribution in [1.82, 2.24) is 9.62 Å². The van der Waals surface area contributed by atoms with Gasteiger partial charge in [0.15, 0.2) is 0 Å². The third kappa shape index (κ3) is 4.93. The number of sulfonamides is 1. The van der Waals surface area contributed by atoms with E-state index in [1.807, 2.05) is 6.92 Å². The summed E-state index contributed by atoms with van der Waals surface area (Å²) in [5.41, 5.74) is 0. The van der Waals surface area contributed by atoms with Gasteiger partial charge in [0.05, 0.1) is 5.75 Å². The van der Waals surface area contributed by atoms with Crippen LogP contribution in [0.5, 0.6) is 0 Å². The molecule has 1 saturated carbocycles. The first-order valence-corrected chi connectivity index (χ1v) is 10.3. The molecule has 0 aromatic carbocycles. The van der Waals surface area contributed by atoms with Gasteiger partial charge in [-0.25, -0.2) is 12.7 Å². The van der Waals surface area contributed by atoms with Gasteiger partial charge < -0.3 is 5.32 Å². The minimum Gasteiger partial charge on any atom is -0.311 e. The summed E-state index contributed by atoms with van der Waals surface area (Å²) in [7, 11) is -3.00. The van der Waals surface area contributed by atoms with Crippen molar-refractivity contribution < 1.29 is 8.42 Å². The van der Waals surface area contributed by atoms with Crippen LogP contribution in [-0.2, 0) is 10.0 Å². The van der Waals surface area contributed by atoms with E-state index in [1.165, 1.54) is 19.3 Å². The van der Waals surface area contributed by atoms with Crippen LogP contribution in [0.25, 0.3) is 0 Å². The highest BCUT2D eigenvalue weighted by Gasteiger charge is 2.30. The first-order valence-electron chi connectivity index (χ1n) is 8.64. The lowest BCUT2D eigenvalue weighted by molar-refractivity contribution is 0.201. The Morgan fingerprint density at radius 3 is 2.10 bits per heavy atom. The molecular weight excluding hydrogens is 284 g/mol. The average molecular weight is 317 g/mol. The predicted molar refractivity (Wildman–Crippen MR) is 87.8 cm³/mol. The summed E-state index contributed by atoms with van der Waals surface area (Å²) >= 11 is 0. The number of nitrogens with one attached hydrogen (secondary N) is 1. The van der Waals surface area contributed by atoms with E-state index >= 15 is 0 Å². The molecule has 5 heteroatoms. The van der Waals surface area contributed by atoms with Crippen molar-refractivity contribution in [2.45, 2.75) is 71.4 Å². The lowest BCUT2D eigenvalue weighted by Crippen LogP contribution is -2.49. The zero-order valence-corrected chi connectivity index (χ0v) is 14.7. The topological polar surface area (TPSA) is 49.4 Å². The third-order valence-electron chi connectivity index (χ3n) is 4.96. The van der Waals surface area contributed by atoms with Crippen molar-refractivity contribution in [3.8, 4) is 0 Å². The Bertz CT molecular complexity index is 406. The van der Waals surface area contributed by atoms with E-state index in [0.29, 0.717) is 37.3 Å². The molecule has 1 N–H and O–H groups in total. The van der Waals surface area contributed by atoms with Crippen LogP contribution in [0.3, 0.4) is 0 Å². The smallest absolute Gasteiger partial charge is 0.214 e. The van der Waals surface area contributed by atoms with Gasteiger partial charge in [0, 0.05) is 25.2 Å². The molecule has 0 radical (unpaired) electrons. The largest absolute Gasteiger partial charge is 0.311 e. The molecule has 4 nitrogen and oxygen atoms in total. The molecule has 2 atom stereocenters. The Kier molecular flexibility index (Phi) is 6.09. The van der Waals surface area contributed by atoms with Crippen molar-refractivity contribution in [2.75, 3.05) is 18.8 Å². The zero-order chi connectivity index (χ0) is 15.5. The van der Waals surface area contributed by atoms with Crippen molar-refractivity contribution in [1.29, 1.82) is 0 Å². The van der Waals surface area contributed by atoms with Crippen LogP contribution in [0, 0.1) is 11.8 Å². The molecule has 0 amide bonds. The van der Waals surface area contributed by atoms with Crippen LogP contribution in [0.4, 0.5) is 0 Å². The highest BCUT2D eigenvalue weighted by atomic mass is 32.2. The third-order valence-corrected chi connectivity index (χ3v) is 7.04. The van der Waals surface area contributed by atoms with E-state index in [-0.39, 0.29) is 0 Å². The van der Waals surface area contributed by atoms with E-state index in [1.54, 1.807) is 4.31 Å². The highest BCUT2D eigenvalue weighted by Crippen LogP contribution is 2.29. The molecule has 0 bridgehead atoms. The summed E-state index contributed by atoms with van der Waals surface area (Å²) in [6.45, 7) is 8.02.